The van der Waals surface area contributed by atoms with Crippen molar-refractivity contribution in [3.05, 3.63) is 44.8 Å². The van der Waals surface area contributed by atoms with Gasteiger partial charge in [0.25, 0.3) is 5.91 Å². The second kappa shape index (κ2) is 5.02. The van der Waals surface area contributed by atoms with Crippen molar-refractivity contribution in [2.24, 2.45) is 4.99 Å². The van der Waals surface area contributed by atoms with Crippen molar-refractivity contribution in [3.63, 3.8) is 0 Å². The second-order valence-electron chi connectivity index (χ2n) is 4.43. The van der Waals surface area contributed by atoms with E-state index in [0.29, 0.717) is 22.4 Å². The highest BCUT2D eigenvalue weighted by molar-refractivity contribution is 7.71. The van der Waals surface area contributed by atoms with Crippen molar-refractivity contribution < 1.29 is 14.6 Å². The lowest BCUT2D eigenvalue weighted by molar-refractivity contribution is -0.114. The van der Waals surface area contributed by atoms with Crippen LogP contribution in [-0.2, 0) is 4.79 Å². The molecule has 1 aromatic heterocycles. The number of nitrogens with one attached hydrogen (secondary N) is 2. The number of hydrogen-bond acceptors (Lipinski definition) is 4. The first kappa shape index (κ1) is 13.3. The van der Waals surface area contributed by atoms with E-state index >= 15 is 0 Å². The highest BCUT2D eigenvalue weighted by Gasteiger charge is 2.12. The average molecular weight is 301 g/mol. The minimum Gasteiger partial charge on any atom is -0.497 e. The lowest BCUT2D eigenvalue weighted by Crippen LogP contribution is -2.30. The fourth-order valence-electron chi connectivity index (χ4n) is 2.02. The molecule has 0 spiro atoms. The molecule has 1 aliphatic rings. The molecule has 6 nitrogen and oxygen atoms in total. The van der Waals surface area contributed by atoms with E-state index in [-0.39, 0.29) is 10.7 Å². The maximum Gasteiger partial charge on any atom is 0.277 e. The number of imidazole rings is 1. The molecule has 0 radical (unpaired) electrons. The molecular weight excluding hydrogens is 290 g/mol. The Hall–Kier alpha value is -2.67. The zero-order valence-electron chi connectivity index (χ0n) is 11.0. The molecule has 106 valence electrons. The van der Waals surface area contributed by atoms with Gasteiger partial charge in [0.1, 0.15) is 11.4 Å². The SMILES string of the molecule is COc1ccc2c(c1)=NC(=O)C(=Cc1[nH]c(=S)[nH]c1O)C=2. The summed E-state index contributed by atoms with van der Waals surface area (Å²) in [4.78, 5) is 21.4. The van der Waals surface area contributed by atoms with Gasteiger partial charge in [-0.2, -0.15) is 0 Å². The topological polar surface area (TPSA) is 90.5 Å². The maximum absolute atomic E-state index is 12.0. The number of benzene rings is 1. The molecule has 1 aliphatic heterocycles. The van der Waals surface area contributed by atoms with Gasteiger partial charge in [0.05, 0.1) is 12.5 Å². The van der Waals surface area contributed by atoms with Gasteiger partial charge < -0.3 is 19.8 Å². The molecule has 3 rings (SSSR count). The van der Waals surface area contributed by atoms with Gasteiger partial charge in [0.2, 0.25) is 5.88 Å². The van der Waals surface area contributed by atoms with Crippen LogP contribution in [-0.4, -0.2) is 28.1 Å². The van der Waals surface area contributed by atoms with E-state index in [1.54, 1.807) is 25.3 Å². The van der Waals surface area contributed by atoms with Crippen LogP contribution in [0.1, 0.15) is 5.69 Å². The molecule has 2 heterocycles. The lowest BCUT2D eigenvalue weighted by atomic mass is 10.1. The molecule has 0 aliphatic carbocycles. The summed E-state index contributed by atoms with van der Waals surface area (Å²) < 4.78 is 5.39. The normalized spacial score (nSPS) is 15.3. The number of hydrogen-bond donors (Lipinski definition) is 3. The van der Waals surface area contributed by atoms with Crippen LogP contribution in [0, 0.1) is 4.77 Å². The number of methoxy groups -OCH3 is 1. The molecule has 1 amide bonds. The van der Waals surface area contributed by atoms with Gasteiger partial charge in [-0.15, -0.1) is 0 Å². The second-order valence-corrected chi connectivity index (χ2v) is 4.84. The van der Waals surface area contributed by atoms with E-state index in [1.807, 2.05) is 6.07 Å². The number of ether oxygens (including phenoxy) is 1. The summed E-state index contributed by atoms with van der Waals surface area (Å²) in [6, 6.07) is 5.30. The smallest absolute Gasteiger partial charge is 0.277 e. The van der Waals surface area contributed by atoms with Crippen LogP contribution in [0.25, 0.3) is 12.2 Å². The van der Waals surface area contributed by atoms with Crippen molar-refractivity contribution in [2.45, 2.75) is 0 Å². The number of carbonyl (C=O) groups is 1. The third-order valence-electron chi connectivity index (χ3n) is 3.05. The Morgan fingerprint density at radius 3 is 2.86 bits per heavy atom. The average Bonchev–Trinajstić information content (AvgIpc) is 2.77. The van der Waals surface area contributed by atoms with Crippen LogP contribution in [0.3, 0.4) is 0 Å². The van der Waals surface area contributed by atoms with Crippen LogP contribution in [0.2, 0.25) is 0 Å². The first-order chi connectivity index (χ1) is 10.1. The standard InChI is InChI=1S/C14H11N3O3S/c1-20-9-3-2-7-4-8(12(18)15-10(7)6-9)5-11-13(19)17-14(21)16-11/h2-6,19H,1H3,(H2,16,17,21). The zero-order chi connectivity index (χ0) is 15.0. The molecule has 0 atom stereocenters. The molecule has 0 saturated carbocycles. The Balaban J connectivity index is 2.14. The van der Waals surface area contributed by atoms with Crippen molar-refractivity contribution in [3.8, 4) is 11.6 Å². The molecule has 0 fully saturated rings. The van der Waals surface area contributed by atoms with Gasteiger partial charge >= 0.3 is 0 Å². The van der Waals surface area contributed by atoms with E-state index in [9.17, 15) is 9.90 Å². The molecule has 7 heteroatoms. The maximum atomic E-state index is 12.0. The summed E-state index contributed by atoms with van der Waals surface area (Å²) in [6.45, 7) is 0. The van der Waals surface area contributed by atoms with Crippen molar-refractivity contribution >= 4 is 30.3 Å². The predicted octanol–water partition coefficient (Wildman–Crippen LogP) is 0.810. The zero-order valence-corrected chi connectivity index (χ0v) is 11.8. The molecule has 0 bridgehead atoms. The fraction of sp³-hybridized carbons (Fsp3) is 0.0714. The van der Waals surface area contributed by atoms with Crippen LogP contribution in [0.15, 0.2) is 28.8 Å². The number of nitrogens with zero attached hydrogens (tertiary/aromatic N) is 1. The number of fused-ring (bicyclic) bond motifs is 1. The Kier molecular flexibility index (Phi) is 3.19. The number of aromatic amines is 2. The first-order valence-corrected chi connectivity index (χ1v) is 6.49. The Morgan fingerprint density at radius 2 is 2.19 bits per heavy atom. The lowest BCUT2D eigenvalue weighted by Gasteiger charge is -2.04. The summed E-state index contributed by atoms with van der Waals surface area (Å²) in [7, 11) is 1.55. The molecule has 1 aromatic carbocycles. The highest BCUT2D eigenvalue weighted by Crippen LogP contribution is 2.17. The van der Waals surface area contributed by atoms with Gasteiger partial charge in [0, 0.05) is 16.9 Å². The van der Waals surface area contributed by atoms with E-state index in [2.05, 4.69) is 15.0 Å². The minimum atomic E-state index is -0.393. The van der Waals surface area contributed by atoms with E-state index in [0.717, 1.165) is 5.22 Å². The molecule has 0 unspecified atom stereocenters. The quantitative estimate of drug-likeness (QED) is 0.565. The van der Waals surface area contributed by atoms with Gasteiger partial charge in [-0.1, -0.05) is 0 Å². The van der Waals surface area contributed by atoms with Crippen molar-refractivity contribution in [1.29, 1.82) is 0 Å². The van der Waals surface area contributed by atoms with Gasteiger partial charge in [-0.25, -0.2) is 4.99 Å². The van der Waals surface area contributed by atoms with Gasteiger partial charge in [-0.3, -0.25) is 4.79 Å². The third kappa shape index (κ3) is 2.50. The number of H-pyrrole nitrogens is 2. The molecule has 0 saturated heterocycles. The fourth-order valence-corrected chi connectivity index (χ4v) is 2.23. The summed E-state index contributed by atoms with van der Waals surface area (Å²) >= 11 is 4.88. The highest BCUT2D eigenvalue weighted by atomic mass is 32.1. The molecule has 3 N–H and O–H groups in total. The summed E-state index contributed by atoms with van der Waals surface area (Å²) in [5.41, 5.74) is 0.694. The number of carbonyl (C=O) groups excluding carboxylic acids is 1. The van der Waals surface area contributed by atoms with Crippen molar-refractivity contribution in [2.75, 3.05) is 7.11 Å². The van der Waals surface area contributed by atoms with Crippen LogP contribution in [0.5, 0.6) is 11.6 Å². The third-order valence-corrected chi connectivity index (χ3v) is 3.26. The monoisotopic (exact) mass is 301 g/mol. The van der Waals surface area contributed by atoms with E-state index in [1.165, 1.54) is 6.08 Å². The van der Waals surface area contributed by atoms with Gasteiger partial charge in [0.15, 0.2) is 4.77 Å². The number of amides is 1. The van der Waals surface area contributed by atoms with Crippen LogP contribution in [0.4, 0.5) is 0 Å². The summed E-state index contributed by atoms with van der Waals surface area (Å²) in [5, 5.41) is 11.0. The summed E-state index contributed by atoms with van der Waals surface area (Å²) in [5.74, 6) is 0.128. The van der Waals surface area contributed by atoms with Gasteiger partial charge in [-0.05, 0) is 36.5 Å². The molecule has 2 aromatic rings. The summed E-state index contributed by atoms with van der Waals surface area (Å²) in [6.07, 6.45) is 3.20. The van der Waals surface area contributed by atoms with E-state index in [4.69, 9.17) is 17.0 Å². The molecular formula is C14H11N3O3S. The first-order valence-electron chi connectivity index (χ1n) is 6.08. The van der Waals surface area contributed by atoms with Crippen molar-refractivity contribution in [1.82, 2.24) is 9.97 Å². The van der Waals surface area contributed by atoms with E-state index < -0.39 is 5.91 Å². The Morgan fingerprint density at radius 1 is 1.38 bits per heavy atom. The number of aromatic hydroxyl groups is 1. The van der Waals surface area contributed by atoms with Crippen LogP contribution < -0.4 is 15.3 Å². The Bertz CT molecular complexity index is 937. The number of rotatable bonds is 2. The minimum absolute atomic E-state index is 0.116. The largest absolute Gasteiger partial charge is 0.497 e. The van der Waals surface area contributed by atoms with Crippen LogP contribution >= 0.6 is 12.2 Å². The Labute approximate surface area is 124 Å². The number of aromatic nitrogens is 2. The predicted molar refractivity (Wildman–Crippen MR) is 78.9 cm³/mol. The molecule has 21 heavy (non-hydrogen) atoms.